The van der Waals surface area contributed by atoms with Crippen molar-refractivity contribution in [2.45, 2.75) is 31.7 Å². The molecule has 0 aliphatic carbocycles. The van der Waals surface area contributed by atoms with Gasteiger partial charge in [0.1, 0.15) is 17.2 Å². The van der Waals surface area contributed by atoms with E-state index in [9.17, 15) is 14.4 Å². The number of furan rings is 1. The predicted molar refractivity (Wildman–Crippen MR) is 106 cm³/mol. The average Bonchev–Trinajstić information content (AvgIpc) is 3.35. The highest BCUT2D eigenvalue weighted by molar-refractivity contribution is 7.99. The highest BCUT2D eigenvalue weighted by Crippen LogP contribution is 2.41. The van der Waals surface area contributed by atoms with Gasteiger partial charge in [-0.25, -0.2) is 4.79 Å². The van der Waals surface area contributed by atoms with Crippen molar-refractivity contribution >= 4 is 35.2 Å². The smallest absolute Gasteiger partial charge is 0.330 e. The highest BCUT2D eigenvalue weighted by atomic mass is 32.2. The minimum atomic E-state index is -0.756. The van der Waals surface area contributed by atoms with Crippen molar-refractivity contribution in [3.05, 3.63) is 54.0 Å². The number of amides is 2. The van der Waals surface area contributed by atoms with Gasteiger partial charge in [0.15, 0.2) is 6.61 Å². The Balaban J connectivity index is 1.59. The maximum Gasteiger partial charge on any atom is 0.330 e. The topological polar surface area (TPSA) is 88.8 Å². The zero-order valence-electron chi connectivity index (χ0n) is 15.7. The van der Waals surface area contributed by atoms with Crippen LogP contribution in [0.2, 0.25) is 0 Å². The molecule has 8 heteroatoms. The number of nitrogens with zero attached hydrogens (tertiary/aromatic N) is 1. The molecule has 1 aliphatic heterocycles. The molecule has 1 saturated heterocycles. The second-order valence-electron chi connectivity index (χ2n) is 6.31. The van der Waals surface area contributed by atoms with Crippen LogP contribution >= 0.6 is 11.8 Å². The number of aryl methyl sites for hydroxylation is 1. The molecule has 0 spiro atoms. The molecule has 0 unspecified atom stereocenters. The Bertz CT molecular complexity index is 852. The third-order valence-corrected chi connectivity index (χ3v) is 5.72. The van der Waals surface area contributed by atoms with Crippen molar-refractivity contribution in [3.8, 4) is 0 Å². The molecule has 28 heavy (non-hydrogen) atoms. The molecule has 2 aromatic rings. The summed E-state index contributed by atoms with van der Waals surface area (Å²) in [5.74, 6) is -0.295. The minimum Gasteiger partial charge on any atom is -0.466 e. The van der Waals surface area contributed by atoms with Gasteiger partial charge < -0.3 is 19.4 Å². The summed E-state index contributed by atoms with van der Waals surface area (Å²) in [6.45, 7) is 2.99. The number of carbonyl (C=O) groups excluding carboxylic acids is 3. The first kappa shape index (κ1) is 20.0. The van der Waals surface area contributed by atoms with Crippen LogP contribution in [0.4, 0.5) is 5.69 Å². The fourth-order valence-corrected chi connectivity index (χ4v) is 4.51. The van der Waals surface area contributed by atoms with Gasteiger partial charge in [-0.05, 0) is 30.2 Å². The first-order valence-electron chi connectivity index (χ1n) is 8.99. The lowest BCUT2D eigenvalue weighted by atomic mass is 10.1. The first-order valence-corrected chi connectivity index (χ1v) is 10.0. The SMILES string of the molecule is CCc1ccccc1NC(=O)COC(=O)[C@@H]1CS[C@H](c2ccco2)N1C(C)=O. The van der Waals surface area contributed by atoms with Crippen molar-refractivity contribution in [3.63, 3.8) is 0 Å². The number of hydrogen-bond acceptors (Lipinski definition) is 6. The normalized spacial score (nSPS) is 18.7. The number of hydrogen-bond donors (Lipinski definition) is 1. The molecule has 1 aromatic heterocycles. The summed E-state index contributed by atoms with van der Waals surface area (Å²) < 4.78 is 10.6. The Morgan fingerprint density at radius 3 is 2.71 bits per heavy atom. The molecule has 1 N–H and O–H groups in total. The van der Waals surface area contributed by atoms with Crippen LogP contribution in [0.5, 0.6) is 0 Å². The summed E-state index contributed by atoms with van der Waals surface area (Å²) in [5.41, 5.74) is 1.70. The maximum atomic E-state index is 12.5. The van der Waals surface area contributed by atoms with Gasteiger partial charge in [-0.3, -0.25) is 9.59 Å². The van der Waals surface area contributed by atoms with Gasteiger partial charge in [-0.1, -0.05) is 25.1 Å². The Morgan fingerprint density at radius 2 is 2.04 bits per heavy atom. The van der Waals surface area contributed by atoms with Crippen molar-refractivity contribution in [1.82, 2.24) is 4.90 Å². The van der Waals surface area contributed by atoms with Gasteiger partial charge in [-0.15, -0.1) is 11.8 Å². The van der Waals surface area contributed by atoms with E-state index in [0.29, 0.717) is 17.2 Å². The zero-order valence-corrected chi connectivity index (χ0v) is 16.5. The third kappa shape index (κ3) is 4.39. The number of rotatable bonds is 6. The van der Waals surface area contributed by atoms with E-state index in [-0.39, 0.29) is 11.3 Å². The van der Waals surface area contributed by atoms with Gasteiger partial charge in [0.05, 0.1) is 6.26 Å². The van der Waals surface area contributed by atoms with Crippen LogP contribution < -0.4 is 5.32 Å². The fraction of sp³-hybridized carbons (Fsp3) is 0.350. The minimum absolute atomic E-state index is 0.255. The van der Waals surface area contributed by atoms with Crippen LogP contribution in [-0.2, 0) is 25.5 Å². The van der Waals surface area contributed by atoms with Crippen LogP contribution in [-0.4, -0.2) is 41.1 Å². The molecule has 1 fully saturated rings. The number of para-hydroxylation sites is 1. The molecule has 3 rings (SSSR count). The molecule has 0 saturated carbocycles. The van der Waals surface area contributed by atoms with E-state index < -0.39 is 24.5 Å². The van der Waals surface area contributed by atoms with E-state index in [1.165, 1.54) is 29.8 Å². The summed E-state index contributed by atoms with van der Waals surface area (Å²) in [6, 6.07) is 10.2. The van der Waals surface area contributed by atoms with E-state index in [4.69, 9.17) is 9.15 Å². The number of anilines is 1. The van der Waals surface area contributed by atoms with Crippen LogP contribution in [0.15, 0.2) is 47.1 Å². The fourth-order valence-electron chi connectivity index (χ4n) is 3.09. The van der Waals surface area contributed by atoms with E-state index in [1.54, 1.807) is 18.2 Å². The standard InChI is InChI=1S/C20H22N2O5S/c1-3-14-7-4-5-8-15(14)21-18(24)11-27-20(25)16-12-28-19(22(16)13(2)23)17-9-6-10-26-17/h4-10,16,19H,3,11-12H2,1-2H3,(H,21,24)/t16-,19+/m0/s1. The molecule has 0 radical (unpaired) electrons. The molecular formula is C20H22N2O5S. The highest BCUT2D eigenvalue weighted by Gasteiger charge is 2.43. The van der Waals surface area contributed by atoms with Gasteiger partial charge in [0, 0.05) is 18.4 Å². The van der Waals surface area contributed by atoms with Gasteiger partial charge in [0.25, 0.3) is 5.91 Å². The molecule has 7 nitrogen and oxygen atoms in total. The molecule has 2 atom stereocenters. The Hall–Kier alpha value is -2.74. The summed E-state index contributed by atoms with van der Waals surface area (Å²) in [5, 5.41) is 2.38. The van der Waals surface area contributed by atoms with Crippen molar-refractivity contribution in [1.29, 1.82) is 0 Å². The maximum absolute atomic E-state index is 12.5. The summed E-state index contributed by atoms with van der Waals surface area (Å²) >= 11 is 1.42. The van der Waals surface area contributed by atoms with Gasteiger partial charge in [0.2, 0.25) is 5.91 Å². The van der Waals surface area contributed by atoms with E-state index in [2.05, 4.69) is 5.32 Å². The number of nitrogens with one attached hydrogen (secondary N) is 1. The van der Waals surface area contributed by atoms with Gasteiger partial charge in [-0.2, -0.15) is 0 Å². The largest absolute Gasteiger partial charge is 0.466 e. The Kier molecular flexibility index (Phi) is 6.41. The number of thioether (sulfide) groups is 1. The van der Waals surface area contributed by atoms with Crippen LogP contribution in [0, 0.1) is 0 Å². The molecule has 1 aliphatic rings. The molecule has 0 bridgehead atoms. The first-order chi connectivity index (χ1) is 13.5. The molecule has 2 amide bonds. The van der Waals surface area contributed by atoms with Crippen LogP contribution in [0.3, 0.4) is 0 Å². The second kappa shape index (κ2) is 8.97. The molecule has 148 valence electrons. The molecular weight excluding hydrogens is 380 g/mol. The summed E-state index contributed by atoms with van der Waals surface area (Å²) in [6.07, 6.45) is 2.30. The average molecular weight is 402 g/mol. The molecule has 2 heterocycles. The number of carbonyl (C=O) groups is 3. The third-order valence-electron chi connectivity index (χ3n) is 4.44. The lowest BCUT2D eigenvalue weighted by Crippen LogP contribution is -2.43. The van der Waals surface area contributed by atoms with Crippen LogP contribution in [0.1, 0.15) is 30.5 Å². The Morgan fingerprint density at radius 1 is 1.25 bits per heavy atom. The summed E-state index contributed by atoms with van der Waals surface area (Å²) in [4.78, 5) is 38.2. The van der Waals surface area contributed by atoms with E-state index in [1.807, 2.05) is 25.1 Å². The van der Waals surface area contributed by atoms with Crippen LogP contribution in [0.25, 0.3) is 0 Å². The number of benzene rings is 1. The Labute approximate surface area is 167 Å². The number of ether oxygens (including phenoxy) is 1. The van der Waals surface area contributed by atoms with Crippen molar-refractivity contribution in [2.75, 3.05) is 17.7 Å². The number of esters is 1. The van der Waals surface area contributed by atoms with E-state index in [0.717, 1.165) is 12.0 Å². The second-order valence-corrected chi connectivity index (χ2v) is 7.42. The lowest BCUT2D eigenvalue weighted by molar-refractivity contribution is -0.155. The van der Waals surface area contributed by atoms with E-state index >= 15 is 0 Å². The van der Waals surface area contributed by atoms with Gasteiger partial charge >= 0.3 is 5.97 Å². The van der Waals surface area contributed by atoms with Crippen molar-refractivity contribution < 1.29 is 23.5 Å². The predicted octanol–water partition coefficient (Wildman–Crippen LogP) is 2.99. The molecule has 1 aromatic carbocycles. The monoisotopic (exact) mass is 402 g/mol. The summed E-state index contributed by atoms with van der Waals surface area (Å²) in [7, 11) is 0. The quantitative estimate of drug-likeness (QED) is 0.748. The lowest BCUT2D eigenvalue weighted by Gasteiger charge is -2.25. The van der Waals surface area contributed by atoms with Crippen molar-refractivity contribution in [2.24, 2.45) is 0 Å². The zero-order chi connectivity index (χ0) is 20.1.